The largest absolute Gasteiger partial charge is 0.477 e. The normalized spacial score (nSPS) is 38.6. The van der Waals surface area contributed by atoms with Crippen LogP contribution in [0.2, 0.25) is 0 Å². The van der Waals surface area contributed by atoms with Gasteiger partial charge in [0.25, 0.3) is 5.79 Å². The lowest BCUT2D eigenvalue weighted by molar-refractivity contribution is -0.318. The maximum absolute atomic E-state index is 12.6. The number of Topliss-reactive ketones (excluding diaryl/α,β-unsaturated/α-hetero) is 1. The number of carboxylic acids is 1. The number of carbonyl (C=O) groups is 3. The highest BCUT2D eigenvalue weighted by Crippen LogP contribution is 2.35. The first-order valence-corrected chi connectivity index (χ1v) is 12.4. The highest BCUT2D eigenvalue weighted by atomic mass is 16.7. The van der Waals surface area contributed by atoms with Gasteiger partial charge >= 0.3 is 5.97 Å². The fourth-order valence-corrected chi connectivity index (χ4v) is 4.72. The monoisotopic (exact) mass is 569 g/mol. The molecule has 2 aliphatic heterocycles. The topological polar surface area (TPSA) is 262 Å². The molecule has 0 aromatic rings. The van der Waals surface area contributed by atoms with Gasteiger partial charge in [-0.3, -0.25) is 9.59 Å². The van der Waals surface area contributed by atoms with Gasteiger partial charge in [-0.2, -0.15) is 0 Å². The third-order valence-corrected chi connectivity index (χ3v) is 6.99. The molecule has 0 aliphatic carbocycles. The molecule has 2 rings (SSSR count). The van der Waals surface area contributed by atoms with E-state index >= 15 is 0 Å². The number of carboxylic acid groups (broad SMARTS) is 1. The van der Waals surface area contributed by atoms with Crippen molar-refractivity contribution >= 4 is 17.7 Å². The molecule has 2 heterocycles. The van der Waals surface area contributed by atoms with E-state index in [1.165, 1.54) is 14.0 Å². The summed E-state index contributed by atoms with van der Waals surface area (Å²) >= 11 is 0. The molecule has 16 heteroatoms. The first-order valence-electron chi connectivity index (χ1n) is 12.4. The average Bonchev–Trinajstić information content (AvgIpc) is 2.87. The fourth-order valence-electron chi connectivity index (χ4n) is 4.72. The Morgan fingerprint density at radius 2 is 1.82 bits per heavy atom. The molecule has 226 valence electrons. The SMILES string of the molecule is COC1OC(C)C(O)(CC(=O)CCCOC2(C(=O)O)CC(O)C(NC(C)=O)C([C@@H](O)[C@H](O)CO)O2)C(O)C1O. The predicted octanol–water partition coefficient (Wildman–Crippen LogP) is -4.26. The van der Waals surface area contributed by atoms with Gasteiger partial charge in [-0.05, 0) is 13.3 Å². The van der Waals surface area contributed by atoms with Crippen LogP contribution in [0.5, 0.6) is 0 Å². The fraction of sp³-hybridized carbons (Fsp3) is 0.870. The first kappa shape index (κ1) is 33.4. The third kappa shape index (κ3) is 7.47. The molecule has 9 N–H and O–H groups in total. The zero-order valence-corrected chi connectivity index (χ0v) is 21.9. The van der Waals surface area contributed by atoms with Crippen molar-refractivity contribution in [3.05, 3.63) is 0 Å². The van der Waals surface area contributed by atoms with Crippen LogP contribution < -0.4 is 5.32 Å². The lowest BCUT2D eigenvalue weighted by Gasteiger charge is -2.46. The number of nitrogens with one attached hydrogen (secondary N) is 1. The van der Waals surface area contributed by atoms with E-state index in [2.05, 4.69) is 5.32 Å². The number of ketones is 1. The Kier molecular flexibility index (Phi) is 11.7. The standard InChI is InChI=1S/C23H39NO15/c1-10-22(35,19(32)17(31)20(36-3)38-10)7-12(27)5-4-6-37-23(21(33)34)8-13(28)15(24-11(2)26)18(39-23)16(30)14(29)9-25/h10,13-20,25,28-32,35H,4-9H2,1-3H3,(H,24,26)(H,33,34)/t10?,13?,14-,15?,16+,17?,18?,19?,20?,22?,23?/m1/s1. The van der Waals surface area contributed by atoms with Crippen LogP contribution >= 0.6 is 0 Å². The number of ether oxygens (including phenoxy) is 4. The van der Waals surface area contributed by atoms with E-state index in [1.807, 2.05) is 0 Å². The maximum Gasteiger partial charge on any atom is 0.364 e. The summed E-state index contributed by atoms with van der Waals surface area (Å²) in [4.78, 5) is 36.3. The summed E-state index contributed by atoms with van der Waals surface area (Å²) in [5.74, 6) is -5.46. The van der Waals surface area contributed by atoms with Crippen LogP contribution in [0.4, 0.5) is 0 Å². The summed E-state index contributed by atoms with van der Waals surface area (Å²) in [6, 6.07) is -1.35. The third-order valence-electron chi connectivity index (χ3n) is 6.99. The second-order valence-electron chi connectivity index (χ2n) is 9.86. The van der Waals surface area contributed by atoms with E-state index in [-0.39, 0.29) is 12.8 Å². The first-order chi connectivity index (χ1) is 18.1. The second-order valence-corrected chi connectivity index (χ2v) is 9.86. The summed E-state index contributed by atoms with van der Waals surface area (Å²) in [5.41, 5.74) is -2.12. The van der Waals surface area contributed by atoms with Gasteiger partial charge in [0.1, 0.15) is 41.9 Å². The molecule has 0 spiro atoms. The molecular weight excluding hydrogens is 530 g/mol. The molecule has 2 fully saturated rings. The molecule has 2 aliphatic rings. The Bertz CT molecular complexity index is 859. The zero-order chi connectivity index (χ0) is 29.7. The van der Waals surface area contributed by atoms with Crippen LogP contribution in [0.25, 0.3) is 0 Å². The van der Waals surface area contributed by atoms with Crippen molar-refractivity contribution in [2.24, 2.45) is 0 Å². The number of hydrogen-bond acceptors (Lipinski definition) is 14. The maximum atomic E-state index is 12.6. The van der Waals surface area contributed by atoms with E-state index in [4.69, 9.17) is 18.9 Å². The zero-order valence-electron chi connectivity index (χ0n) is 21.9. The van der Waals surface area contributed by atoms with Crippen molar-refractivity contribution in [1.82, 2.24) is 5.32 Å². The van der Waals surface area contributed by atoms with E-state index in [0.717, 1.165) is 6.92 Å². The Labute approximate surface area is 224 Å². The van der Waals surface area contributed by atoms with E-state index in [0.29, 0.717) is 0 Å². The minimum absolute atomic E-state index is 0.0976. The van der Waals surface area contributed by atoms with E-state index in [1.54, 1.807) is 0 Å². The Balaban J connectivity index is 2.06. The van der Waals surface area contributed by atoms with Gasteiger partial charge in [0.2, 0.25) is 5.91 Å². The Morgan fingerprint density at radius 1 is 1.18 bits per heavy atom. The van der Waals surface area contributed by atoms with Gasteiger partial charge in [-0.1, -0.05) is 0 Å². The minimum atomic E-state index is -2.54. The predicted molar refractivity (Wildman–Crippen MR) is 126 cm³/mol. The molecule has 0 saturated carbocycles. The van der Waals surface area contributed by atoms with Gasteiger partial charge < -0.3 is 65.1 Å². The Hall–Kier alpha value is -1.83. The van der Waals surface area contributed by atoms with Gasteiger partial charge in [0, 0.05) is 33.3 Å². The highest BCUT2D eigenvalue weighted by molar-refractivity contribution is 5.79. The number of methoxy groups -OCH3 is 1. The highest BCUT2D eigenvalue weighted by Gasteiger charge is 2.56. The smallest absolute Gasteiger partial charge is 0.364 e. The summed E-state index contributed by atoms with van der Waals surface area (Å²) in [6.45, 7) is 1.16. The number of aliphatic hydroxyl groups is 7. The molecule has 0 bridgehead atoms. The van der Waals surface area contributed by atoms with Crippen LogP contribution in [0.15, 0.2) is 0 Å². The van der Waals surface area contributed by atoms with Gasteiger partial charge in [0.05, 0.1) is 31.5 Å². The van der Waals surface area contributed by atoms with Crippen LogP contribution in [-0.4, -0.2) is 145 Å². The van der Waals surface area contributed by atoms with E-state index in [9.17, 15) is 55.2 Å². The van der Waals surface area contributed by atoms with Gasteiger partial charge in [-0.15, -0.1) is 0 Å². The van der Waals surface area contributed by atoms with Crippen molar-refractivity contribution in [2.75, 3.05) is 20.3 Å². The number of amides is 1. The molecule has 2 saturated heterocycles. The molecule has 1 amide bonds. The number of aliphatic carboxylic acids is 1. The van der Waals surface area contributed by atoms with Crippen molar-refractivity contribution in [2.45, 2.75) is 106 Å². The van der Waals surface area contributed by atoms with Crippen molar-refractivity contribution in [3.8, 4) is 0 Å². The summed E-state index contributed by atoms with van der Waals surface area (Å²) < 4.78 is 21.1. The molecule has 11 atom stereocenters. The second kappa shape index (κ2) is 13.7. The molecule has 16 nitrogen and oxygen atoms in total. The van der Waals surface area contributed by atoms with Gasteiger partial charge in [-0.25, -0.2) is 4.79 Å². The number of rotatable bonds is 13. The summed E-state index contributed by atoms with van der Waals surface area (Å²) in [7, 11) is 1.24. The molecule has 0 aromatic carbocycles. The molecule has 9 unspecified atom stereocenters. The van der Waals surface area contributed by atoms with Crippen LogP contribution in [0.1, 0.15) is 39.5 Å². The average molecular weight is 570 g/mol. The van der Waals surface area contributed by atoms with Gasteiger partial charge in [0.15, 0.2) is 6.29 Å². The summed E-state index contributed by atoms with van der Waals surface area (Å²) in [5, 5.41) is 83.5. The van der Waals surface area contributed by atoms with Crippen molar-refractivity contribution < 1.29 is 74.2 Å². The van der Waals surface area contributed by atoms with E-state index < -0.39 is 110 Å². The molecular formula is C23H39NO15. The molecule has 0 aromatic heterocycles. The molecule has 0 radical (unpaired) electrons. The van der Waals surface area contributed by atoms with Crippen LogP contribution in [-0.2, 0) is 33.3 Å². The lowest BCUT2D eigenvalue weighted by atomic mass is 9.80. The Morgan fingerprint density at radius 3 is 2.36 bits per heavy atom. The van der Waals surface area contributed by atoms with Crippen molar-refractivity contribution in [1.29, 1.82) is 0 Å². The number of aliphatic hydroxyl groups excluding tert-OH is 6. The van der Waals surface area contributed by atoms with Crippen LogP contribution in [0.3, 0.4) is 0 Å². The minimum Gasteiger partial charge on any atom is -0.477 e. The summed E-state index contributed by atoms with van der Waals surface area (Å²) in [6.07, 6.45) is -14.4. The quantitative estimate of drug-likeness (QED) is 0.0951. The van der Waals surface area contributed by atoms with Crippen LogP contribution in [0, 0.1) is 0 Å². The molecule has 39 heavy (non-hydrogen) atoms. The number of hydrogen-bond donors (Lipinski definition) is 9. The number of carbonyl (C=O) groups excluding carboxylic acids is 2. The lowest BCUT2D eigenvalue weighted by Crippen LogP contribution is -2.67. The van der Waals surface area contributed by atoms with Crippen molar-refractivity contribution in [3.63, 3.8) is 0 Å².